The van der Waals surface area contributed by atoms with Crippen LogP contribution < -0.4 is 11.1 Å². The van der Waals surface area contributed by atoms with Crippen LogP contribution in [0.15, 0.2) is 0 Å². The topological polar surface area (TPSA) is 95.7 Å². The van der Waals surface area contributed by atoms with Crippen molar-refractivity contribution < 1.29 is 14.4 Å². The molecule has 8 heteroatoms. The first-order valence-corrected chi connectivity index (χ1v) is 8.62. The summed E-state index contributed by atoms with van der Waals surface area (Å²) in [4.78, 5) is 40.0. The van der Waals surface area contributed by atoms with E-state index in [9.17, 15) is 14.4 Å². The molecule has 3 N–H and O–H groups in total. The molecule has 136 valence electrons. The van der Waals surface area contributed by atoms with Crippen LogP contribution in [0.2, 0.25) is 0 Å². The van der Waals surface area contributed by atoms with E-state index in [1.807, 2.05) is 0 Å². The Labute approximate surface area is 148 Å². The number of imide groups is 1. The van der Waals surface area contributed by atoms with Gasteiger partial charge in [0.15, 0.2) is 0 Å². The van der Waals surface area contributed by atoms with Gasteiger partial charge in [-0.05, 0) is 38.0 Å². The van der Waals surface area contributed by atoms with Gasteiger partial charge in [-0.25, -0.2) is 4.79 Å². The third-order valence-corrected chi connectivity index (χ3v) is 5.65. The van der Waals surface area contributed by atoms with E-state index in [0.717, 1.165) is 30.6 Å². The van der Waals surface area contributed by atoms with Gasteiger partial charge in [-0.15, -0.1) is 12.4 Å². The van der Waals surface area contributed by atoms with Crippen molar-refractivity contribution in [3.05, 3.63) is 0 Å². The first kappa shape index (κ1) is 19.0. The van der Waals surface area contributed by atoms with Crippen LogP contribution in [0.5, 0.6) is 0 Å². The maximum absolute atomic E-state index is 12.7. The number of hydrogen-bond donors (Lipinski definition) is 2. The van der Waals surface area contributed by atoms with Crippen molar-refractivity contribution in [3.8, 4) is 0 Å². The van der Waals surface area contributed by atoms with Crippen LogP contribution in [-0.2, 0) is 9.59 Å². The van der Waals surface area contributed by atoms with Gasteiger partial charge in [0, 0.05) is 19.1 Å². The molecule has 0 unspecified atom stereocenters. The van der Waals surface area contributed by atoms with Gasteiger partial charge in [0.2, 0.25) is 5.91 Å². The molecule has 1 aliphatic carbocycles. The minimum Gasteiger partial charge on any atom is -0.340 e. The number of nitrogens with two attached hydrogens (primary N) is 1. The van der Waals surface area contributed by atoms with Crippen molar-refractivity contribution in [3.63, 3.8) is 0 Å². The molecule has 0 aromatic heterocycles. The molecule has 0 aromatic rings. The zero-order valence-electron chi connectivity index (χ0n) is 14.1. The molecule has 24 heavy (non-hydrogen) atoms. The Balaban J connectivity index is 0.00000208. The maximum Gasteiger partial charge on any atom is 0.325 e. The van der Waals surface area contributed by atoms with E-state index in [-0.39, 0.29) is 36.8 Å². The van der Waals surface area contributed by atoms with Crippen LogP contribution in [0.3, 0.4) is 0 Å². The third-order valence-electron chi connectivity index (χ3n) is 5.65. The minimum atomic E-state index is -0.773. The number of carbonyl (C=O) groups is 3. The van der Waals surface area contributed by atoms with Gasteiger partial charge in [-0.1, -0.05) is 13.3 Å². The molecule has 3 aliphatic rings. The average Bonchev–Trinajstić information content (AvgIpc) is 3.06. The van der Waals surface area contributed by atoms with E-state index < -0.39 is 11.6 Å². The molecule has 0 radical (unpaired) electrons. The molecule has 1 spiro atoms. The van der Waals surface area contributed by atoms with Gasteiger partial charge in [0.25, 0.3) is 5.91 Å². The Kier molecular flexibility index (Phi) is 5.75. The number of nitrogens with one attached hydrogen (secondary N) is 1. The Bertz CT molecular complexity index is 519. The van der Waals surface area contributed by atoms with Crippen molar-refractivity contribution >= 4 is 30.3 Å². The lowest BCUT2D eigenvalue weighted by Crippen LogP contribution is -2.50. The summed E-state index contributed by atoms with van der Waals surface area (Å²) < 4.78 is 0. The molecule has 3 fully saturated rings. The van der Waals surface area contributed by atoms with Gasteiger partial charge in [-0.3, -0.25) is 14.5 Å². The van der Waals surface area contributed by atoms with Crippen molar-refractivity contribution in [2.45, 2.75) is 57.0 Å². The van der Waals surface area contributed by atoms with E-state index in [1.54, 1.807) is 4.90 Å². The number of likely N-dealkylation sites (tertiary alicyclic amines) is 1. The second-order valence-corrected chi connectivity index (χ2v) is 7.14. The van der Waals surface area contributed by atoms with Crippen molar-refractivity contribution in [1.29, 1.82) is 0 Å². The highest BCUT2D eigenvalue weighted by Gasteiger charge is 2.52. The molecule has 2 heterocycles. The summed E-state index contributed by atoms with van der Waals surface area (Å²) in [7, 11) is 0. The SMILES string of the molecule is CCC1CCC2(CC1)NC(=O)N(CC(=O)N1CC[C@@H](N)C1)C2=O.Cl. The van der Waals surface area contributed by atoms with E-state index in [2.05, 4.69) is 12.2 Å². The van der Waals surface area contributed by atoms with Gasteiger partial charge < -0.3 is 16.0 Å². The first-order chi connectivity index (χ1) is 10.9. The number of halogens is 1. The molecular formula is C16H27ClN4O3. The van der Waals surface area contributed by atoms with Gasteiger partial charge >= 0.3 is 6.03 Å². The van der Waals surface area contributed by atoms with E-state index in [4.69, 9.17) is 5.73 Å². The second-order valence-electron chi connectivity index (χ2n) is 7.14. The van der Waals surface area contributed by atoms with Gasteiger partial charge in [-0.2, -0.15) is 0 Å². The van der Waals surface area contributed by atoms with E-state index >= 15 is 0 Å². The monoisotopic (exact) mass is 358 g/mol. The largest absolute Gasteiger partial charge is 0.340 e. The number of nitrogens with zero attached hydrogens (tertiary/aromatic N) is 2. The van der Waals surface area contributed by atoms with Crippen LogP contribution >= 0.6 is 12.4 Å². The zero-order chi connectivity index (χ0) is 16.6. The summed E-state index contributed by atoms with van der Waals surface area (Å²) in [6.07, 6.45) is 5.13. The predicted molar refractivity (Wildman–Crippen MR) is 91.6 cm³/mol. The van der Waals surface area contributed by atoms with Crippen LogP contribution in [0.25, 0.3) is 0 Å². The predicted octanol–water partition coefficient (Wildman–Crippen LogP) is 0.859. The average molecular weight is 359 g/mol. The fraction of sp³-hybridized carbons (Fsp3) is 0.812. The van der Waals surface area contributed by atoms with Crippen LogP contribution in [0.4, 0.5) is 4.79 Å². The minimum absolute atomic E-state index is 0. The standard InChI is InChI=1S/C16H26N4O3.ClH/c1-2-11-3-6-16(7-4-11)14(22)20(15(23)18-16)10-13(21)19-8-5-12(17)9-19;/h11-12H,2-10,17H2,1H3,(H,18,23);1H/t11?,12-,16?;/m1./s1. The smallest absolute Gasteiger partial charge is 0.325 e. The molecule has 4 amide bonds. The first-order valence-electron chi connectivity index (χ1n) is 8.62. The Morgan fingerprint density at radius 2 is 1.96 bits per heavy atom. The quantitative estimate of drug-likeness (QED) is 0.731. The van der Waals surface area contributed by atoms with Gasteiger partial charge in [0.05, 0.1) is 0 Å². The summed E-state index contributed by atoms with van der Waals surface area (Å²) in [6.45, 7) is 3.10. The molecule has 2 saturated heterocycles. The Hall–Kier alpha value is -1.34. The lowest BCUT2D eigenvalue weighted by Gasteiger charge is -2.34. The highest BCUT2D eigenvalue weighted by Crippen LogP contribution is 2.37. The van der Waals surface area contributed by atoms with E-state index in [0.29, 0.717) is 31.8 Å². The lowest BCUT2D eigenvalue weighted by molar-refractivity contribution is -0.139. The van der Waals surface area contributed by atoms with Crippen LogP contribution in [-0.4, -0.2) is 58.9 Å². The number of amides is 4. The van der Waals surface area contributed by atoms with E-state index in [1.165, 1.54) is 0 Å². The van der Waals surface area contributed by atoms with Gasteiger partial charge in [0.1, 0.15) is 12.1 Å². The third kappa shape index (κ3) is 3.37. The summed E-state index contributed by atoms with van der Waals surface area (Å²) >= 11 is 0. The summed E-state index contributed by atoms with van der Waals surface area (Å²) in [6, 6.07) is -0.431. The second kappa shape index (κ2) is 7.27. The molecule has 1 atom stereocenters. The van der Waals surface area contributed by atoms with Crippen LogP contribution in [0, 0.1) is 5.92 Å². The summed E-state index contributed by atoms with van der Waals surface area (Å²) in [5, 5.41) is 2.86. The lowest BCUT2D eigenvalue weighted by atomic mass is 9.75. The van der Waals surface area contributed by atoms with Crippen molar-refractivity contribution in [2.75, 3.05) is 19.6 Å². The highest BCUT2D eigenvalue weighted by atomic mass is 35.5. The molecule has 1 saturated carbocycles. The highest BCUT2D eigenvalue weighted by molar-refractivity contribution is 6.09. The zero-order valence-corrected chi connectivity index (χ0v) is 14.9. The molecule has 3 rings (SSSR count). The molecule has 0 aromatic carbocycles. The molecule has 7 nitrogen and oxygen atoms in total. The van der Waals surface area contributed by atoms with Crippen molar-refractivity contribution in [1.82, 2.24) is 15.1 Å². The number of carbonyl (C=O) groups excluding carboxylic acids is 3. The fourth-order valence-corrected chi connectivity index (χ4v) is 3.99. The normalized spacial score (nSPS) is 32.9. The fourth-order valence-electron chi connectivity index (χ4n) is 3.99. The molecule has 0 bridgehead atoms. The van der Waals surface area contributed by atoms with Crippen LogP contribution in [0.1, 0.15) is 45.4 Å². The maximum atomic E-state index is 12.7. The molecular weight excluding hydrogens is 332 g/mol. The number of hydrogen-bond acceptors (Lipinski definition) is 4. The summed E-state index contributed by atoms with van der Waals surface area (Å²) in [5.74, 6) is 0.210. The Morgan fingerprint density at radius 1 is 1.29 bits per heavy atom. The Morgan fingerprint density at radius 3 is 2.50 bits per heavy atom. The van der Waals surface area contributed by atoms with Crippen molar-refractivity contribution in [2.24, 2.45) is 11.7 Å². The summed E-state index contributed by atoms with van der Waals surface area (Å²) in [5.41, 5.74) is 5.04. The molecule has 2 aliphatic heterocycles. The number of rotatable bonds is 3. The number of urea groups is 1.